The summed E-state index contributed by atoms with van der Waals surface area (Å²) in [5.41, 5.74) is 20.1. The molecule has 0 unspecified atom stereocenters. The second kappa shape index (κ2) is 49.5. The molecule has 42 nitrogen and oxygen atoms in total. The van der Waals surface area contributed by atoms with Crippen LogP contribution in [0.2, 0.25) is 0 Å². The number of nitrogens with two attached hydrogens (primary N) is 3. The summed E-state index contributed by atoms with van der Waals surface area (Å²) >= 11 is 0.801. The van der Waals surface area contributed by atoms with Gasteiger partial charge in [-0.25, -0.2) is 4.98 Å². The zero-order valence-corrected chi connectivity index (χ0v) is 76.1. The van der Waals surface area contributed by atoms with Crippen LogP contribution in [-0.2, 0) is 107 Å². The van der Waals surface area contributed by atoms with Gasteiger partial charge in [0.1, 0.15) is 78.5 Å². The Labute approximate surface area is 767 Å². The van der Waals surface area contributed by atoms with Gasteiger partial charge in [0.25, 0.3) is 0 Å². The Bertz CT molecular complexity index is 5090. The van der Waals surface area contributed by atoms with Gasteiger partial charge in [0.05, 0.1) is 31.6 Å². The summed E-state index contributed by atoms with van der Waals surface area (Å²) in [6.45, 7) is 4.59. The fourth-order valence-corrected chi connectivity index (χ4v) is 17.3. The largest absolute Gasteiger partial charge is 0.396 e. The van der Waals surface area contributed by atoms with Crippen molar-refractivity contribution in [2.75, 3.05) is 72.0 Å². The van der Waals surface area contributed by atoms with Crippen LogP contribution in [0.3, 0.4) is 0 Å². The molecule has 13 atom stereocenters. The number of unbranched alkanes of at least 4 members (excludes halogenated alkanes) is 2. The van der Waals surface area contributed by atoms with Crippen LogP contribution in [0.4, 0.5) is 0 Å². The third-order valence-electron chi connectivity index (χ3n) is 23.5. The van der Waals surface area contributed by atoms with E-state index in [4.69, 9.17) is 22.6 Å². The Balaban J connectivity index is 1.08. The van der Waals surface area contributed by atoms with Crippen molar-refractivity contribution >= 4 is 140 Å². The summed E-state index contributed by atoms with van der Waals surface area (Å²) in [6, 6.07) is 3.53. The Morgan fingerprint density at radius 2 is 1.07 bits per heavy atom. The topological polar surface area (TPSA) is 621 Å². The molecule has 22 N–H and O–H groups in total. The number of nitrogens with zero attached hydrogens (tertiary/aromatic N) is 6. The molecule has 3 aromatic carbocycles. The summed E-state index contributed by atoms with van der Waals surface area (Å²) in [7, 11) is 3.94. The molecule has 0 saturated carbocycles. The quantitative estimate of drug-likeness (QED) is 0.0162. The van der Waals surface area contributed by atoms with E-state index >= 15 is 24.0 Å². The van der Waals surface area contributed by atoms with Crippen molar-refractivity contribution in [2.45, 2.75) is 215 Å². The van der Waals surface area contributed by atoms with Crippen LogP contribution in [0.25, 0.3) is 21.8 Å². The molecule has 3 fully saturated rings. The number of aliphatic hydroxyl groups excluding tert-OH is 1. The predicted octanol–water partition coefficient (Wildman–Crippen LogP) is -2.38. The zero-order chi connectivity index (χ0) is 96.0. The highest BCUT2D eigenvalue weighted by atomic mass is 32.2. The Kier molecular flexibility index (Phi) is 38.4. The first-order chi connectivity index (χ1) is 63.0. The number of carbonyl (C=O) groups is 17. The van der Waals surface area contributed by atoms with Crippen molar-refractivity contribution in [3.05, 3.63) is 126 Å². The first-order valence-corrected chi connectivity index (χ1v) is 45.5. The Morgan fingerprint density at radius 3 is 1.66 bits per heavy atom. The first-order valence-electron chi connectivity index (χ1n) is 44.4. The van der Waals surface area contributed by atoms with E-state index in [1.54, 1.807) is 105 Å². The molecule has 3 aliphatic heterocycles. The predicted molar refractivity (Wildman–Crippen MR) is 488 cm³/mol. The molecule has 6 heterocycles. The van der Waals surface area contributed by atoms with E-state index in [0.29, 0.717) is 63.5 Å². The van der Waals surface area contributed by atoms with Gasteiger partial charge in [-0.05, 0) is 99.5 Å². The maximum atomic E-state index is 15.8. The van der Waals surface area contributed by atoms with E-state index in [1.807, 2.05) is 6.92 Å². The summed E-state index contributed by atoms with van der Waals surface area (Å²) in [6.07, 6.45) is 6.09. The fraction of sp³-hybridized carbons (Fsp3) is 0.517. The van der Waals surface area contributed by atoms with Gasteiger partial charge in [-0.2, -0.15) is 0 Å². The van der Waals surface area contributed by atoms with Crippen molar-refractivity contribution in [2.24, 2.45) is 23.1 Å². The first kappa shape index (κ1) is 102. The van der Waals surface area contributed by atoms with E-state index in [-0.39, 0.29) is 103 Å². The minimum absolute atomic E-state index is 0.00311. The van der Waals surface area contributed by atoms with E-state index < -0.39 is 229 Å². The van der Waals surface area contributed by atoms with Gasteiger partial charge in [0.2, 0.25) is 100 Å². The number of hydrogen-bond donors (Lipinski definition) is 19. The number of benzene rings is 3. The van der Waals surface area contributed by atoms with Crippen LogP contribution in [0.5, 0.6) is 0 Å². The molecule has 43 heteroatoms. The molecule has 3 aromatic heterocycles. The van der Waals surface area contributed by atoms with Crippen molar-refractivity contribution in [1.29, 1.82) is 5.41 Å². The van der Waals surface area contributed by atoms with E-state index in [0.717, 1.165) is 26.5 Å². The van der Waals surface area contributed by atoms with Crippen LogP contribution in [-0.4, -0.2) is 306 Å². The molecule has 714 valence electrons. The van der Waals surface area contributed by atoms with Crippen molar-refractivity contribution in [3.63, 3.8) is 0 Å². The number of hydrogen-bond acceptors (Lipinski definition) is 21. The minimum Gasteiger partial charge on any atom is -0.396 e. The average molecular weight is 1850 g/mol. The molecular formula is C89H124N24O18S. The maximum Gasteiger partial charge on any atom is 0.246 e. The molecule has 0 aliphatic carbocycles. The summed E-state index contributed by atoms with van der Waals surface area (Å²) in [5, 5.41) is 49.3. The van der Waals surface area contributed by atoms with Crippen molar-refractivity contribution < 1.29 is 86.6 Å². The van der Waals surface area contributed by atoms with E-state index in [1.165, 1.54) is 50.4 Å². The number of para-hydroxylation sites is 2. The number of aromatic nitrogens is 4. The fourth-order valence-electron chi connectivity index (χ4n) is 16.4. The van der Waals surface area contributed by atoms with Gasteiger partial charge in [-0.3, -0.25) is 86.9 Å². The van der Waals surface area contributed by atoms with E-state index in [9.17, 15) is 62.6 Å². The molecular weight excluding hydrogens is 1730 g/mol. The molecule has 0 bridgehead atoms. The lowest BCUT2D eigenvalue weighted by molar-refractivity contribution is -0.149. The van der Waals surface area contributed by atoms with Crippen LogP contribution in [0.1, 0.15) is 134 Å². The average Bonchev–Trinajstić information content (AvgIpc) is 1.62. The lowest BCUT2D eigenvalue weighted by Gasteiger charge is -2.35. The highest BCUT2D eigenvalue weighted by molar-refractivity contribution is 8.00. The number of carbonyl (C=O) groups excluding carboxylic acids is 17. The lowest BCUT2D eigenvalue weighted by Crippen LogP contribution is -2.61. The van der Waals surface area contributed by atoms with Crippen molar-refractivity contribution in [3.8, 4) is 0 Å². The number of rotatable bonds is 25. The molecule has 0 spiro atoms. The minimum atomic E-state index is -1.74. The third-order valence-corrected chi connectivity index (χ3v) is 24.5. The van der Waals surface area contributed by atoms with Gasteiger partial charge in [-0.15, -0.1) is 11.8 Å². The van der Waals surface area contributed by atoms with Crippen LogP contribution in [0.15, 0.2) is 104 Å². The van der Waals surface area contributed by atoms with Crippen LogP contribution < -0.4 is 75.7 Å². The monoisotopic (exact) mass is 1850 g/mol. The van der Waals surface area contributed by atoms with Gasteiger partial charge < -0.3 is 120 Å². The standard InChI is InChI=1S/C89H124N24O18S/c1-8-9-11-28-71-88(131)113-34-20-30-70(113)82(125)103-60(27-18-32-95-89(92)93)78(121)108-68(77(120)98-45-73(91)116)47-132-48-75(118)101-65(37-52-21-12-10-13-22-52)85(128)110(6)51(4)76(119)105-67(41-72(90)115)87(130)112-33-19-29-69(112)83(126)104-63(40-55-44-94-49-99-55)81(124)106-64(36-50(2)3)84(127)109(5)46-74(117)100-62(38-53-42-96-58-25-16-14-23-56(53)58)80(123)102-61(31-35-114)79(122)107-66(86(129)111(71)7)39-54-43-97-59-26-17-15-24-57(54)59/h10,12-17,21-26,42-44,49-51,60-71,96-97,114H,8-9,11,18-20,27-41,45-48H2,1-7H3,(H2,90,115)(H2,91,116)(H,94,99)(H,98,120)(H,100,117)(H,101,118)(H,102,123)(H,103,125)(H,104,126)(H,105,119)(H,106,124)(H,107,122)(H,108,121)(H4,92,93,95)/t51-,60-,61-,62-,63-,64-,65-,66-,67-,68-,69-,70+,71-/m0/s1. The Hall–Kier alpha value is -13.5. The number of fused-ring (bicyclic) bond motifs is 4. The molecule has 3 aliphatic rings. The van der Waals surface area contributed by atoms with Gasteiger partial charge in [0, 0.05) is 125 Å². The van der Waals surface area contributed by atoms with Crippen LogP contribution in [0, 0.1) is 11.3 Å². The highest BCUT2D eigenvalue weighted by Gasteiger charge is 2.45. The molecule has 9 rings (SSSR count). The smallest absolute Gasteiger partial charge is 0.246 e. The molecule has 6 aromatic rings. The zero-order valence-electron chi connectivity index (χ0n) is 75.3. The molecule has 3 saturated heterocycles. The number of aromatic amines is 3. The number of imidazole rings is 1. The number of likely N-dealkylation sites (N-methyl/N-ethyl adjacent to an activating group) is 3. The second-order valence-corrected chi connectivity index (χ2v) is 35.0. The summed E-state index contributed by atoms with van der Waals surface area (Å²) in [5.74, 6) is -16.7. The maximum absolute atomic E-state index is 15.8. The lowest BCUT2D eigenvalue weighted by atomic mass is 10.00. The van der Waals surface area contributed by atoms with Gasteiger partial charge >= 0.3 is 0 Å². The van der Waals surface area contributed by atoms with E-state index in [2.05, 4.69) is 78.4 Å². The number of H-pyrrole nitrogens is 3. The molecule has 132 heavy (non-hydrogen) atoms. The summed E-state index contributed by atoms with van der Waals surface area (Å²) < 4.78 is 0. The Morgan fingerprint density at radius 1 is 0.538 bits per heavy atom. The second-order valence-electron chi connectivity index (χ2n) is 33.9. The van der Waals surface area contributed by atoms with Crippen LogP contribution >= 0.6 is 11.8 Å². The number of aliphatic hydroxyl groups is 1. The number of thioether (sulfide) groups is 1. The number of nitrogens with one attached hydrogen (secondary N) is 15. The third kappa shape index (κ3) is 29.0. The number of guanidine groups is 1. The summed E-state index contributed by atoms with van der Waals surface area (Å²) in [4.78, 5) is 268. The van der Waals surface area contributed by atoms with Gasteiger partial charge in [-0.1, -0.05) is 107 Å². The number of amides is 17. The van der Waals surface area contributed by atoms with Crippen molar-refractivity contribution in [1.82, 2.24) is 103 Å². The number of primary amides is 2. The van der Waals surface area contributed by atoms with Gasteiger partial charge in [0.15, 0.2) is 5.96 Å². The normalized spacial score (nSPS) is 23.9. The molecule has 0 radical (unpaired) electrons. The SMILES string of the molecule is CCCCC[C@H]1C(=O)N2CCC[C@@H]2C(=O)N[C@@H](CCCNC(=N)N)C(=O)N[C@H](C(=O)NCC(N)=O)CSCC(=O)N[C@@H](Cc2ccccc2)C(=O)N(C)[C@@H](C)C(=O)N[C@@H](CC(N)=O)C(=O)N2CCC[C@H]2C(=O)N[C@@H](Cc2cnc[nH]2)C(=O)N[C@@H](CC(C)C)C(=O)N(C)CC(=O)N[C@@H](Cc2c[nH]c3ccccc23)C(=O)N[C@@H](CCO)C(=O)N[C@@H](Cc2c[nH]c3ccccc23)C(=O)N1C. The molecule has 17 amide bonds. The highest BCUT2D eigenvalue weighted by Crippen LogP contribution is 2.28.